The normalized spacial score (nSPS) is 14.0. The SMILES string of the molecule is O=S(=O)(c1ccccc1)n1cc(C2=CCN=C2)c2cc(CCCCO)cnc21. The Morgan fingerprint density at radius 2 is 1.96 bits per heavy atom. The average Bonchev–Trinajstić information content (AvgIpc) is 3.36. The first-order valence-corrected chi connectivity index (χ1v) is 10.7. The Labute approximate surface area is 163 Å². The molecule has 1 aliphatic rings. The van der Waals surface area contributed by atoms with Crippen LogP contribution in [-0.4, -0.2) is 41.8 Å². The maximum Gasteiger partial charge on any atom is 0.269 e. The molecule has 4 rings (SSSR count). The van der Waals surface area contributed by atoms with Crippen molar-refractivity contribution in [3.05, 3.63) is 66.0 Å². The van der Waals surface area contributed by atoms with E-state index in [1.54, 1.807) is 48.9 Å². The number of hydrogen-bond donors (Lipinski definition) is 1. The van der Waals surface area contributed by atoms with Crippen LogP contribution in [0.1, 0.15) is 24.0 Å². The van der Waals surface area contributed by atoms with Crippen LogP contribution in [0.5, 0.6) is 0 Å². The molecule has 2 aromatic heterocycles. The third-order valence-electron chi connectivity index (χ3n) is 4.80. The van der Waals surface area contributed by atoms with Crippen molar-refractivity contribution in [1.29, 1.82) is 0 Å². The van der Waals surface area contributed by atoms with Gasteiger partial charge in [-0.05, 0) is 48.6 Å². The van der Waals surface area contributed by atoms with Crippen LogP contribution in [0, 0.1) is 0 Å². The molecule has 28 heavy (non-hydrogen) atoms. The van der Waals surface area contributed by atoms with Crippen molar-refractivity contribution in [2.24, 2.45) is 4.99 Å². The predicted octanol–water partition coefficient (Wildman–Crippen LogP) is 3.06. The molecule has 3 aromatic rings. The van der Waals surface area contributed by atoms with Crippen LogP contribution in [0.15, 0.2) is 64.8 Å². The summed E-state index contributed by atoms with van der Waals surface area (Å²) in [6, 6.07) is 10.4. The van der Waals surface area contributed by atoms with Gasteiger partial charge in [-0.25, -0.2) is 17.4 Å². The molecule has 1 aliphatic heterocycles. The first kappa shape index (κ1) is 18.6. The summed E-state index contributed by atoms with van der Waals surface area (Å²) < 4.78 is 27.7. The van der Waals surface area contributed by atoms with Crippen molar-refractivity contribution in [1.82, 2.24) is 8.96 Å². The van der Waals surface area contributed by atoms with Gasteiger partial charge in [-0.15, -0.1) is 0 Å². The monoisotopic (exact) mass is 395 g/mol. The molecule has 1 N–H and O–H groups in total. The van der Waals surface area contributed by atoms with Crippen LogP contribution >= 0.6 is 0 Å². The highest BCUT2D eigenvalue weighted by Gasteiger charge is 2.23. The molecule has 1 aromatic carbocycles. The largest absolute Gasteiger partial charge is 0.396 e. The summed E-state index contributed by atoms with van der Waals surface area (Å²) in [4.78, 5) is 8.95. The lowest BCUT2D eigenvalue weighted by Crippen LogP contribution is -2.12. The number of aryl methyl sites for hydroxylation is 1. The molecular weight excluding hydrogens is 374 g/mol. The van der Waals surface area contributed by atoms with Gasteiger partial charge in [0.15, 0.2) is 5.65 Å². The van der Waals surface area contributed by atoms with Crippen molar-refractivity contribution in [3.63, 3.8) is 0 Å². The van der Waals surface area contributed by atoms with Gasteiger partial charge in [0.1, 0.15) is 0 Å². The smallest absolute Gasteiger partial charge is 0.269 e. The molecule has 6 nitrogen and oxygen atoms in total. The van der Waals surface area contributed by atoms with Gasteiger partial charge in [0.2, 0.25) is 0 Å². The number of fused-ring (bicyclic) bond motifs is 1. The molecule has 3 heterocycles. The van der Waals surface area contributed by atoms with E-state index in [0.29, 0.717) is 12.2 Å². The number of rotatable bonds is 7. The topological polar surface area (TPSA) is 84.5 Å². The molecule has 0 amide bonds. The average molecular weight is 395 g/mol. The molecule has 0 bridgehead atoms. The fourth-order valence-corrected chi connectivity index (χ4v) is 4.70. The van der Waals surface area contributed by atoms with Gasteiger partial charge in [0, 0.05) is 36.2 Å². The Morgan fingerprint density at radius 1 is 1.14 bits per heavy atom. The highest BCUT2D eigenvalue weighted by molar-refractivity contribution is 7.90. The van der Waals surface area contributed by atoms with E-state index in [2.05, 4.69) is 9.98 Å². The Kier molecular flexibility index (Phi) is 5.11. The number of allylic oxidation sites excluding steroid dienone is 1. The molecule has 0 spiro atoms. The number of nitrogens with zero attached hydrogens (tertiary/aromatic N) is 3. The highest BCUT2D eigenvalue weighted by Crippen LogP contribution is 2.30. The number of aromatic nitrogens is 2. The molecule has 0 radical (unpaired) electrons. The number of aliphatic hydroxyl groups is 1. The zero-order valence-corrected chi connectivity index (χ0v) is 16.1. The van der Waals surface area contributed by atoms with Crippen LogP contribution < -0.4 is 0 Å². The van der Waals surface area contributed by atoms with E-state index < -0.39 is 10.0 Å². The standard InChI is InChI=1S/C21H21N3O3S/c25-11-5-4-6-16-12-19-20(17-9-10-22-14-17)15-24(21(19)23-13-16)28(26,27)18-7-2-1-3-8-18/h1-3,7-9,12-15,25H,4-6,10-11H2. The predicted molar refractivity (Wildman–Crippen MR) is 110 cm³/mol. The van der Waals surface area contributed by atoms with Crippen LogP contribution in [0.4, 0.5) is 0 Å². The van der Waals surface area contributed by atoms with Gasteiger partial charge < -0.3 is 5.11 Å². The minimum absolute atomic E-state index is 0.163. The van der Waals surface area contributed by atoms with Gasteiger partial charge in [-0.2, -0.15) is 0 Å². The fourth-order valence-electron chi connectivity index (χ4n) is 3.35. The highest BCUT2D eigenvalue weighted by atomic mass is 32.2. The van der Waals surface area contributed by atoms with Crippen molar-refractivity contribution >= 4 is 32.8 Å². The van der Waals surface area contributed by atoms with Crippen molar-refractivity contribution in [2.75, 3.05) is 13.2 Å². The summed E-state index contributed by atoms with van der Waals surface area (Å²) in [5.74, 6) is 0. The summed E-state index contributed by atoms with van der Waals surface area (Å²) in [6.07, 6.45) is 9.47. The number of hydrogen-bond acceptors (Lipinski definition) is 5. The Hall–Kier alpha value is -2.77. The van der Waals surface area contributed by atoms with E-state index >= 15 is 0 Å². The van der Waals surface area contributed by atoms with Gasteiger partial charge in [-0.1, -0.05) is 24.3 Å². The molecule has 0 saturated carbocycles. The van der Waals surface area contributed by atoms with Gasteiger partial charge in [0.05, 0.1) is 11.4 Å². The molecule has 0 unspecified atom stereocenters. The second-order valence-corrected chi connectivity index (χ2v) is 8.52. The van der Waals surface area contributed by atoms with Gasteiger partial charge >= 0.3 is 0 Å². The summed E-state index contributed by atoms with van der Waals surface area (Å²) in [5, 5.41) is 9.79. The Balaban J connectivity index is 1.87. The first-order valence-electron chi connectivity index (χ1n) is 9.23. The first-order chi connectivity index (χ1) is 13.6. The van der Waals surface area contributed by atoms with E-state index in [1.165, 1.54) is 3.97 Å². The third kappa shape index (κ3) is 3.39. The molecule has 0 saturated heterocycles. The van der Waals surface area contributed by atoms with Crippen LogP contribution in [0.25, 0.3) is 16.6 Å². The zero-order valence-electron chi connectivity index (χ0n) is 15.3. The maximum atomic E-state index is 13.2. The van der Waals surface area contributed by atoms with Crippen LogP contribution in [0.3, 0.4) is 0 Å². The lowest BCUT2D eigenvalue weighted by atomic mass is 10.0. The molecule has 144 valence electrons. The molecular formula is C21H21N3O3S. The van der Waals surface area contributed by atoms with Crippen molar-refractivity contribution in [2.45, 2.75) is 24.2 Å². The molecule has 0 aliphatic carbocycles. The minimum atomic E-state index is -3.76. The van der Waals surface area contributed by atoms with Crippen LogP contribution in [0.2, 0.25) is 0 Å². The molecule has 7 heteroatoms. The van der Waals surface area contributed by atoms with Gasteiger partial charge in [-0.3, -0.25) is 4.99 Å². The van der Waals surface area contributed by atoms with E-state index in [-0.39, 0.29) is 11.5 Å². The van der Waals surface area contributed by atoms with E-state index in [0.717, 1.165) is 41.3 Å². The van der Waals surface area contributed by atoms with Crippen LogP contribution in [-0.2, 0) is 16.4 Å². The second-order valence-electron chi connectivity index (χ2n) is 6.71. The Morgan fingerprint density at radius 3 is 2.68 bits per heavy atom. The van der Waals surface area contributed by atoms with E-state index in [4.69, 9.17) is 5.11 Å². The number of pyridine rings is 1. The number of aliphatic imine (C=N–C) groups is 1. The second kappa shape index (κ2) is 7.69. The summed E-state index contributed by atoms with van der Waals surface area (Å²) in [6.45, 7) is 0.757. The fraction of sp³-hybridized carbons (Fsp3) is 0.238. The quantitative estimate of drug-likeness (QED) is 0.623. The number of aliphatic hydroxyl groups excluding tert-OH is 1. The van der Waals surface area contributed by atoms with Gasteiger partial charge in [0.25, 0.3) is 10.0 Å². The van der Waals surface area contributed by atoms with Crippen molar-refractivity contribution < 1.29 is 13.5 Å². The van der Waals surface area contributed by atoms with Crippen molar-refractivity contribution in [3.8, 4) is 0 Å². The lowest BCUT2D eigenvalue weighted by Gasteiger charge is -2.07. The zero-order chi connectivity index (χ0) is 19.6. The van der Waals surface area contributed by atoms with E-state index in [1.807, 2.05) is 12.1 Å². The Bertz CT molecular complexity index is 1160. The summed E-state index contributed by atoms with van der Waals surface area (Å²) in [5.41, 5.74) is 3.15. The number of unbranched alkanes of at least 4 members (excludes halogenated alkanes) is 1. The molecule has 0 fully saturated rings. The summed E-state index contributed by atoms with van der Waals surface area (Å²) in [7, 11) is -3.76. The van der Waals surface area contributed by atoms with E-state index in [9.17, 15) is 8.42 Å². The molecule has 0 atom stereocenters. The minimum Gasteiger partial charge on any atom is -0.396 e. The number of benzene rings is 1. The summed E-state index contributed by atoms with van der Waals surface area (Å²) >= 11 is 0. The maximum absolute atomic E-state index is 13.2. The third-order valence-corrected chi connectivity index (χ3v) is 6.46. The lowest BCUT2D eigenvalue weighted by molar-refractivity contribution is 0.284.